The fraction of sp³-hybridized carbons (Fsp3) is 0.300. The van der Waals surface area contributed by atoms with Gasteiger partial charge >= 0.3 is 0 Å². The number of amides is 1. The van der Waals surface area contributed by atoms with Gasteiger partial charge in [0.05, 0.1) is 0 Å². The van der Waals surface area contributed by atoms with Crippen LogP contribution >= 0.6 is 0 Å². The highest BCUT2D eigenvalue weighted by Gasteiger charge is 2.22. The molecule has 1 aromatic carbocycles. The summed E-state index contributed by atoms with van der Waals surface area (Å²) in [4.78, 5) is 11.0. The Hall–Kier alpha value is -1.51. The monoisotopic (exact) mass is 176 g/mol. The van der Waals surface area contributed by atoms with Crippen molar-refractivity contribution >= 4 is 11.6 Å². The second-order valence-electron chi connectivity index (χ2n) is 3.37. The van der Waals surface area contributed by atoms with Crippen LogP contribution in [0.1, 0.15) is 17.9 Å². The Morgan fingerprint density at radius 2 is 2.00 bits per heavy atom. The van der Waals surface area contributed by atoms with E-state index in [9.17, 15) is 4.79 Å². The summed E-state index contributed by atoms with van der Waals surface area (Å²) in [5.74, 6) is 0.468. The Morgan fingerprint density at radius 3 is 2.54 bits per heavy atom. The lowest BCUT2D eigenvalue weighted by Crippen LogP contribution is -2.13. The third-order valence-electron chi connectivity index (χ3n) is 2.39. The van der Waals surface area contributed by atoms with E-state index in [-0.39, 0.29) is 5.91 Å². The lowest BCUT2D eigenvalue weighted by atomic mass is 9.98. The molecule has 3 N–H and O–H groups in total. The van der Waals surface area contributed by atoms with Gasteiger partial charge in [0.15, 0.2) is 0 Å². The van der Waals surface area contributed by atoms with Crippen LogP contribution < -0.4 is 11.1 Å². The molecule has 3 heteroatoms. The first-order chi connectivity index (χ1) is 6.25. The number of benzene rings is 1. The summed E-state index contributed by atoms with van der Waals surface area (Å²) in [5.41, 5.74) is 7.52. The van der Waals surface area contributed by atoms with Crippen LogP contribution in [0.4, 0.5) is 5.69 Å². The van der Waals surface area contributed by atoms with Gasteiger partial charge in [-0.1, -0.05) is 12.1 Å². The minimum absolute atomic E-state index is 0.141. The Morgan fingerprint density at radius 1 is 1.31 bits per heavy atom. The Labute approximate surface area is 76.9 Å². The minimum Gasteiger partial charge on any atom is -0.399 e. The third kappa shape index (κ3) is 1.64. The molecule has 0 spiro atoms. The summed E-state index contributed by atoms with van der Waals surface area (Å²) in [5, 5.41) is 2.81. The zero-order chi connectivity index (χ0) is 9.26. The zero-order valence-electron chi connectivity index (χ0n) is 7.29. The first kappa shape index (κ1) is 8.10. The van der Waals surface area contributed by atoms with Crippen molar-refractivity contribution in [3.8, 4) is 0 Å². The van der Waals surface area contributed by atoms with E-state index in [4.69, 9.17) is 5.73 Å². The predicted molar refractivity (Wildman–Crippen MR) is 51.2 cm³/mol. The van der Waals surface area contributed by atoms with Crippen LogP contribution in [0.2, 0.25) is 0 Å². The standard InChI is InChI=1S/C10H12N2O/c11-9-3-1-7(2-4-9)8-5-10(13)12-6-8/h1-4,8H,5-6,11H2,(H,12,13). The van der Waals surface area contributed by atoms with Gasteiger partial charge < -0.3 is 11.1 Å². The summed E-state index contributed by atoms with van der Waals surface area (Å²) in [6, 6.07) is 7.72. The van der Waals surface area contributed by atoms with Gasteiger partial charge in [-0.15, -0.1) is 0 Å². The summed E-state index contributed by atoms with van der Waals surface area (Å²) >= 11 is 0. The van der Waals surface area contributed by atoms with Crippen molar-refractivity contribution in [2.24, 2.45) is 0 Å². The van der Waals surface area contributed by atoms with E-state index in [0.717, 1.165) is 12.2 Å². The SMILES string of the molecule is Nc1ccc(C2CNC(=O)C2)cc1. The van der Waals surface area contributed by atoms with Crippen LogP contribution in [0.25, 0.3) is 0 Å². The molecule has 1 unspecified atom stereocenters. The molecule has 68 valence electrons. The van der Waals surface area contributed by atoms with Crippen LogP contribution in [0.3, 0.4) is 0 Å². The summed E-state index contributed by atoms with van der Waals surface area (Å²) < 4.78 is 0. The average Bonchev–Trinajstić information content (AvgIpc) is 2.53. The van der Waals surface area contributed by atoms with E-state index in [0.29, 0.717) is 12.3 Å². The molecule has 0 radical (unpaired) electrons. The summed E-state index contributed by atoms with van der Waals surface area (Å²) in [6.07, 6.45) is 0.601. The van der Waals surface area contributed by atoms with Gasteiger partial charge in [0, 0.05) is 24.6 Å². The number of anilines is 1. The Bertz CT molecular complexity index is 318. The fourth-order valence-corrected chi connectivity index (χ4v) is 1.61. The minimum atomic E-state index is 0.141. The van der Waals surface area contributed by atoms with Crippen LogP contribution in [-0.2, 0) is 4.79 Å². The predicted octanol–water partition coefficient (Wildman–Crippen LogP) is 0.872. The molecule has 1 saturated heterocycles. The lowest BCUT2D eigenvalue weighted by molar-refractivity contribution is -0.119. The number of nitrogen functional groups attached to an aromatic ring is 1. The number of rotatable bonds is 1. The molecule has 1 atom stereocenters. The maximum Gasteiger partial charge on any atom is 0.220 e. The lowest BCUT2D eigenvalue weighted by Gasteiger charge is -2.06. The van der Waals surface area contributed by atoms with Gasteiger partial charge in [-0.25, -0.2) is 0 Å². The van der Waals surface area contributed by atoms with Gasteiger partial charge in [0.25, 0.3) is 0 Å². The molecule has 1 heterocycles. The molecule has 2 rings (SSSR count). The first-order valence-corrected chi connectivity index (χ1v) is 4.38. The highest BCUT2D eigenvalue weighted by Crippen LogP contribution is 2.23. The van der Waals surface area contributed by atoms with Crippen LogP contribution in [-0.4, -0.2) is 12.5 Å². The second-order valence-corrected chi connectivity index (χ2v) is 3.37. The van der Waals surface area contributed by atoms with Crippen LogP contribution in [0.15, 0.2) is 24.3 Å². The second kappa shape index (κ2) is 3.09. The molecule has 0 aliphatic carbocycles. The van der Waals surface area contributed by atoms with Crippen molar-refractivity contribution in [3.05, 3.63) is 29.8 Å². The molecule has 3 nitrogen and oxygen atoms in total. The van der Waals surface area contributed by atoms with E-state index in [1.165, 1.54) is 5.56 Å². The van der Waals surface area contributed by atoms with Gasteiger partial charge in [-0.2, -0.15) is 0 Å². The molecular formula is C10H12N2O. The first-order valence-electron chi connectivity index (χ1n) is 4.38. The highest BCUT2D eigenvalue weighted by atomic mass is 16.1. The number of nitrogens with one attached hydrogen (secondary N) is 1. The normalized spacial score (nSPS) is 21.5. The largest absolute Gasteiger partial charge is 0.399 e. The topological polar surface area (TPSA) is 55.1 Å². The Kier molecular flexibility index (Phi) is 1.93. The zero-order valence-corrected chi connectivity index (χ0v) is 7.29. The molecule has 13 heavy (non-hydrogen) atoms. The van der Waals surface area contributed by atoms with E-state index in [1.807, 2.05) is 24.3 Å². The molecule has 1 amide bonds. The molecular weight excluding hydrogens is 164 g/mol. The van der Waals surface area contributed by atoms with Gasteiger partial charge in [0.2, 0.25) is 5.91 Å². The molecule has 0 aromatic heterocycles. The van der Waals surface area contributed by atoms with Gasteiger partial charge in [-0.3, -0.25) is 4.79 Å². The summed E-state index contributed by atoms with van der Waals surface area (Å²) in [6.45, 7) is 0.753. The van der Waals surface area contributed by atoms with Crippen LogP contribution in [0, 0.1) is 0 Å². The Balaban J connectivity index is 2.17. The van der Waals surface area contributed by atoms with E-state index in [2.05, 4.69) is 5.32 Å². The van der Waals surface area contributed by atoms with Crippen molar-refractivity contribution in [2.45, 2.75) is 12.3 Å². The molecule has 0 saturated carbocycles. The quantitative estimate of drug-likeness (QED) is 0.624. The molecule has 1 fully saturated rings. The third-order valence-corrected chi connectivity index (χ3v) is 2.39. The average molecular weight is 176 g/mol. The summed E-state index contributed by atoms with van der Waals surface area (Å²) in [7, 11) is 0. The van der Waals surface area contributed by atoms with Gasteiger partial charge in [-0.05, 0) is 17.7 Å². The number of hydrogen-bond acceptors (Lipinski definition) is 2. The smallest absolute Gasteiger partial charge is 0.220 e. The van der Waals surface area contributed by atoms with Crippen LogP contribution in [0.5, 0.6) is 0 Å². The molecule has 1 aliphatic heterocycles. The van der Waals surface area contributed by atoms with E-state index < -0.39 is 0 Å². The van der Waals surface area contributed by atoms with E-state index >= 15 is 0 Å². The van der Waals surface area contributed by atoms with Crippen molar-refractivity contribution < 1.29 is 4.79 Å². The van der Waals surface area contributed by atoms with E-state index in [1.54, 1.807) is 0 Å². The molecule has 0 bridgehead atoms. The van der Waals surface area contributed by atoms with Crippen molar-refractivity contribution in [1.82, 2.24) is 5.32 Å². The molecule has 1 aromatic rings. The van der Waals surface area contributed by atoms with Crippen molar-refractivity contribution in [2.75, 3.05) is 12.3 Å². The number of carbonyl (C=O) groups excluding carboxylic acids is 1. The van der Waals surface area contributed by atoms with Crippen molar-refractivity contribution in [1.29, 1.82) is 0 Å². The van der Waals surface area contributed by atoms with Crippen molar-refractivity contribution in [3.63, 3.8) is 0 Å². The number of nitrogens with two attached hydrogens (primary N) is 1. The fourth-order valence-electron chi connectivity index (χ4n) is 1.61. The highest BCUT2D eigenvalue weighted by molar-refractivity contribution is 5.79. The number of carbonyl (C=O) groups is 1. The van der Waals surface area contributed by atoms with Gasteiger partial charge in [0.1, 0.15) is 0 Å². The maximum atomic E-state index is 11.0. The molecule has 1 aliphatic rings. The maximum absolute atomic E-state index is 11.0. The number of hydrogen-bond donors (Lipinski definition) is 2.